The molecule has 0 aliphatic rings. The molecule has 4 heterocycles. The summed E-state index contributed by atoms with van der Waals surface area (Å²) < 4.78 is 5.43. The van der Waals surface area contributed by atoms with Crippen molar-refractivity contribution in [3.8, 4) is 0 Å². The number of fused-ring (bicyclic) bond motifs is 5. The molecule has 0 saturated heterocycles. The van der Waals surface area contributed by atoms with Gasteiger partial charge in [-0.05, 0) is 36.8 Å². The molecule has 0 amide bonds. The van der Waals surface area contributed by atoms with Crippen LogP contribution >= 0.6 is 11.3 Å². The third-order valence-electron chi connectivity index (χ3n) is 7.03. The van der Waals surface area contributed by atoms with Crippen LogP contribution < -0.4 is 9.69 Å². The lowest BCUT2D eigenvalue weighted by Gasteiger charge is -2.23. The minimum absolute atomic E-state index is 1.14. The normalized spacial score (nSPS) is 12.8. The second-order valence-corrected chi connectivity index (χ2v) is 15.1. The average molecular weight is 447 g/mol. The second-order valence-electron chi connectivity index (χ2n) is 9.36. The highest BCUT2D eigenvalue weighted by Crippen LogP contribution is 2.42. The molecule has 0 N–H and O–H groups in total. The number of pyridine rings is 2. The molecular formula is C28H22N2SSi. The monoisotopic (exact) mass is 446 g/mol. The highest BCUT2D eigenvalue weighted by Gasteiger charge is 2.33. The number of thiophene rings is 1. The zero-order valence-corrected chi connectivity index (χ0v) is 20.1. The van der Waals surface area contributed by atoms with Crippen LogP contribution in [0.5, 0.6) is 0 Å². The molecule has 0 atom stereocenters. The largest absolute Gasteiger partial charge is 0.307 e. The predicted octanol–water partition coefficient (Wildman–Crippen LogP) is 6.58. The summed E-state index contributed by atoms with van der Waals surface area (Å²) in [4.78, 5) is 4.95. The summed E-state index contributed by atoms with van der Waals surface area (Å²) in [5.41, 5.74) is 6.40. The van der Waals surface area contributed by atoms with E-state index in [0.29, 0.717) is 0 Å². The van der Waals surface area contributed by atoms with Gasteiger partial charge in [0.2, 0.25) is 0 Å². The van der Waals surface area contributed by atoms with E-state index in [1.54, 1.807) is 0 Å². The molecule has 0 radical (unpaired) electrons. The molecule has 154 valence electrons. The molecule has 0 aliphatic carbocycles. The van der Waals surface area contributed by atoms with E-state index in [-0.39, 0.29) is 0 Å². The molecule has 4 aromatic heterocycles. The Hall–Kier alpha value is -3.21. The molecule has 32 heavy (non-hydrogen) atoms. The molecule has 0 aliphatic heterocycles. The Balaban J connectivity index is 1.81. The van der Waals surface area contributed by atoms with Crippen molar-refractivity contribution in [2.45, 2.75) is 20.0 Å². The number of hydrogen-bond acceptors (Lipinski definition) is 2. The quantitative estimate of drug-likeness (QED) is 0.217. The fraction of sp³-hybridized carbons (Fsp3) is 0.107. The van der Waals surface area contributed by atoms with E-state index in [0.717, 1.165) is 5.52 Å². The minimum Gasteiger partial charge on any atom is -0.307 e. The number of benzene rings is 3. The maximum atomic E-state index is 4.95. The summed E-state index contributed by atoms with van der Waals surface area (Å²) in [5.74, 6) is 0. The minimum atomic E-state index is -1.93. The molecule has 7 rings (SSSR count). The van der Waals surface area contributed by atoms with Crippen LogP contribution in [0, 0.1) is 6.92 Å². The van der Waals surface area contributed by atoms with Crippen molar-refractivity contribution in [3.05, 3.63) is 84.6 Å². The first-order valence-electron chi connectivity index (χ1n) is 11.1. The number of aryl methyl sites for hydroxylation is 1. The Morgan fingerprint density at radius 3 is 2.41 bits per heavy atom. The number of aromatic nitrogens is 2. The number of hydrogen-bond donors (Lipinski definition) is 0. The summed E-state index contributed by atoms with van der Waals surface area (Å²) in [6.07, 6.45) is 1.99. The molecular weight excluding hydrogens is 424 g/mol. The standard InChI is InChI=1S/C28H22N2SSi/c1-17-15-20-19-11-7-8-12-22(19)30-26(20)21(16-17)25-24-23(13-14-29-25)31-28(27(24)30)32(2,3)18-9-5-4-6-10-18/h4-16H,1-3H3. The molecule has 4 heteroatoms. The Kier molecular flexibility index (Phi) is 3.55. The maximum Gasteiger partial charge on any atom is 0.127 e. The van der Waals surface area contributed by atoms with Gasteiger partial charge in [0.05, 0.1) is 22.1 Å². The van der Waals surface area contributed by atoms with Gasteiger partial charge < -0.3 is 4.40 Å². The zero-order chi connectivity index (χ0) is 21.6. The zero-order valence-electron chi connectivity index (χ0n) is 18.3. The summed E-state index contributed by atoms with van der Waals surface area (Å²) in [7, 11) is -1.93. The van der Waals surface area contributed by atoms with E-state index in [4.69, 9.17) is 4.98 Å². The second kappa shape index (κ2) is 6.18. The van der Waals surface area contributed by atoms with Crippen molar-refractivity contribution in [2.24, 2.45) is 0 Å². The third-order valence-corrected chi connectivity index (χ3v) is 13.0. The van der Waals surface area contributed by atoms with Crippen molar-refractivity contribution in [2.75, 3.05) is 0 Å². The maximum absolute atomic E-state index is 4.95. The Labute approximate surface area is 191 Å². The van der Waals surface area contributed by atoms with Gasteiger partial charge in [0, 0.05) is 36.9 Å². The van der Waals surface area contributed by atoms with Crippen molar-refractivity contribution in [1.82, 2.24) is 9.38 Å². The van der Waals surface area contributed by atoms with Crippen LogP contribution in [0.25, 0.3) is 48.3 Å². The Bertz CT molecular complexity index is 1810. The molecule has 2 nitrogen and oxygen atoms in total. The molecule has 0 spiro atoms. The van der Waals surface area contributed by atoms with Crippen molar-refractivity contribution in [3.63, 3.8) is 0 Å². The van der Waals surface area contributed by atoms with Crippen LogP contribution in [0.4, 0.5) is 0 Å². The van der Waals surface area contributed by atoms with Crippen LogP contribution in [-0.2, 0) is 0 Å². The van der Waals surface area contributed by atoms with Crippen molar-refractivity contribution >= 4 is 77.4 Å². The van der Waals surface area contributed by atoms with Gasteiger partial charge in [0.15, 0.2) is 0 Å². The van der Waals surface area contributed by atoms with Crippen LogP contribution in [0.1, 0.15) is 5.56 Å². The lowest BCUT2D eigenvalue weighted by Crippen LogP contribution is -2.52. The number of para-hydroxylation sites is 1. The molecule has 0 fully saturated rings. The molecule has 3 aromatic carbocycles. The number of rotatable bonds is 2. The van der Waals surface area contributed by atoms with E-state index < -0.39 is 8.07 Å². The lowest BCUT2D eigenvalue weighted by molar-refractivity contribution is 1.35. The van der Waals surface area contributed by atoms with E-state index in [9.17, 15) is 0 Å². The first kappa shape index (κ1) is 18.4. The lowest BCUT2D eigenvalue weighted by atomic mass is 10.0. The molecule has 0 bridgehead atoms. The van der Waals surface area contributed by atoms with Crippen LogP contribution in [0.2, 0.25) is 13.1 Å². The predicted molar refractivity (Wildman–Crippen MR) is 142 cm³/mol. The van der Waals surface area contributed by atoms with Crippen molar-refractivity contribution in [1.29, 1.82) is 0 Å². The smallest absolute Gasteiger partial charge is 0.127 e. The fourth-order valence-electron chi connectivity index (χ4n) is 5.51. The summed E-state index contributed by atoms with van der Waals surface area (Å²) in [6.45, 7) is 7.18. The summed E-state index contributed by atoms with van der Waals surface area (Å²) >= 11 is 1.98. The highest BCUT2D eigenvalue weighted by atomic mass is 32.1. The topological polar surface area (TPSA) is 17.3 Å². The van der Waals surface area contributed by atoms with Crippen LogP contribution in [0.15, 0.2) is 79.0 Å². The van der Waals surface area contributed by atoms with Gasteiger partial charge in [0.25, 0.3) is 0 Å². The molecule has 0 unspecified atom stereocenters. The van der Waals surface area contributed by atoms with E-state index in [2.05, 4.69) is 97.2 Å². The van der Waals surface area contributed by atoms with Gasteiger partial charge in [-0.3, -0.25) is 4.98 Å². The van der Waals surface area contributed by atoms with Gasteiger partial charge in [0.1, 0.15) is 8.07 Å². The molecule has 7 aromatic rings. The summed E-state index contributed by atoms with van der Waals surface area (Å²) in [6, 6.07) is 26.8. The van der Waals surface area contributed by atoms with E-state index in [1.807, 2.05) is 17.5 Å². The van der Waals surface area contributed by atoms with Gasteiger partial charge in [-0.25, -0.2) is 0 Å². The van der Waals surface area contributed by atoms with Gasteiger partial charge in [-0.2, -0.15) is 0 Å². The molecule has 0 saturated carbocycles. The first-order chi connectivity index (χ1) is 15.6. The van der Waals surface area contributed by atoms with Crippen LogP contribution in [-0.4, -0.2) is 17.5 Å². The third kappa shape index (κ3) is 2.21. The van der Waals surface area contributed by atoms with Gasteiger partial charge in [-0.15, -0.1) is 11.3 Å². The average Bonchev–Trinajstić information content (AvgIpc) is 3.36. The van der Waals surface area contributed by atoms with E-state index in [1.165, 1.54) is 58.0 Å². The number of nitrogens with zero attached hydrogens (tertiary/aromatic N) is 2. The van der Waals surface area contributed by atoms with Gasteiger partial charge >= 0.3 is 0 Å². The Morgan fingerprint density at radius 2 is 1.56 bits per heavy atom. The van der Waals surface area contributed by atoms with E-state index >= 15 is 0 Å². The van der Waals surface area contributed by atoms with Gasteiger partial charge in [-0.1, -0.05) is 66.8 Å². The SMILES string of the molecule is Cc1cc2c3ccccc3n3c4c([Si](C)(C)c5ccccc5)sc5ccnc(c(c1)c23)c54. The highest BCUT2D eigenvalue weighted by molar-refractivity contribution is 7.35. The van der Waals surface area contributed by atoms with Crippen LogP contribution in [0.3, 0.4) is 0 Å². The first-order valence-corrected chi connectivity index (χ1v) is 14.9. The summed E-state index contributed by atoms with van der Waals surface area (Å²) in [5, 5.41) is 6.71. The van der Waals surface area contributed by atoms with Crippen molar-refractivity contribution < 1.29 is 0 Å². The Morgan fingerprint density at radius 1 is 0.812 bits per heavy atom. The fourth-order valence-corrected chi connectivity index (χ4v) is 10.3.